The van der Waals surface area contributed by atoms with E-state index in [4.69, 9.17) is 9.72 Å². The lowest BCUT2D eigenvalue weighted by molar-refractivity contribution is 0.0997. The summed E-state index contributed by atoms with van der Waals surface area (Å²) in [5.41, 5.74) is 4.04. The lowest BCUT2D eigenvalue weighted by atomic mass is 10.1. The number of pyridine rings is 1. The Hall–Kier alpha value is -2.92. The second-order valence-corrected chi connectivity index (χ2v) is 7.74. The van der Waals surface area contributed by atoms with Crippen molar-refractivity contribution in [1.82, 2.24) is 4.98 Å². The molecule has 4 rings (SSSR count). The number of thiophene rings is 1. The molecule has 0 N–H and O–H groups in total. The van der Waals surface area contributed by atoms with Gasteiger partial charge in [0.2, 0.25) is 0 Å². The van der Waals surface area contributed by atoms with Gasteiger partial charge in [-0.3, -0.25) is 4.79 Å². The summed E-state index contributed by atoms with van der Waals surface area (Å²) < 4.78 is 5.29. The van der Waals surface area contributed by atoms with Gasteiger partial charge in [-0.1, -0.05) is 12.1 Å². The summed E-state index contributed by atoms with van der Waals surface area (Å²) in [5.74, 6) is 0.776. The van der Waals surface area contributed by atoms with E-state index in [-0.39, 0.29) is 5.91 Å². The van der Waals surface area contributed by atoms with Crippen LogP contribution in [0.25, 0.3) is 21.1 Å². The Kier molecular flexibility index (Phi) is 4.32. The molecule has 2 aromatic heterocycles. The van der Waals surface area contributed by atoms with Gasteiger partial charge in [-0.25, -0.2) is 4.98 Å². The monoisotopic (exact) mass is 376 g/mol. The summed E-state index contributed by atoms with van der Waals surface area (Å²) in [4.78, 5) is 21.0. The molecule has 0 unspecified atom stereocenters. The molecule has 4 aromatic rings. The molecule has 0 saturated carbocycles. The molecule has 0 atom stereocenters. The van der Waals surface area contributed by atoms with Crippen LogP contribution in [0.15, 0.2) is 48.5 Å². The summed E-state index contributed by atoms with van der Waals surface area (Å²) in [6.07, 6.45) is 0. The summed E-state index contributed by atoms with van der Waals surface area (Å²) in [6, 6.07) is 15.9. The van der Waals surface area contributed by atoms with Gasteiger partial charge in [0.05, 0.1) is 17.5 Å². The Morgan fingerprint density at radius 2 is 1.85 bits per heavy atom. The third kappa shape index (κ3) is 3.15. The summed E-state index contributed by atoms with van der Waals surface area (Å²) in [6.45, 7) is 4.05. The minimum Gasteiger partial charge on any atom is -0.497 e. The molecule has 0 saturated heterocycles. The standard InChI is InChI=1S/C22H20N2O2S/c1-13-5-6-14(2)19(9-13)24(3)22(25)20-12-16-10-15-11-17(26-4)7-8-18(15)23-21(16)27-20/h5-12H,1-4H3. The predicted octanol–water partition coefficient (Wildman–Crippen LogP) is 5.35. The second-order valence-electron chi connectivity index (χ2n) is 6.71. The average molecular weight is 376 g/mol. The number of carbonyl (C=O) groups excluding carboxylic acids is 1. The third-order valence-corrected chi connectivity index (χ3v) is 5.78. The fourth-order valence-electron chi connectivity index (χ4n) is 3.20. The lowest BCUT2D eigenvalue weighted by Crippen LogP contribution is -2.26. The number of hydrogen-bond acceptors (Lipinski definition) is 4. The molecular formula is C22H20N2O2S. The molecule has 2 aromatic carbocycles. The van der Waals surface area contributed by atoms with Crippen LogP contribution >= 0.6 is 11.3 Å². The van der Waals surface area contributed by atoms with Gasteiger partial charge in [-0.05, 0) is 61.4 Å². The summed E-state index contributed by atoms with van der Waals surface area (Å²) in [5, 5.41) is 1.97. The Morgan fingerprint density at radius 3 is 2.63 bits per heavy atom. The molecule has 1 amide bonds. The number of benzene rings is 2. The number of anilines is 1. The highest BCUT2D eigenvalue weighted by Gasteiger charge is 2.18. The Bertz CT molecular complexity index is 1180. The maximum Gasteiger partial charge on any atom is 0.268 e. The largest absolute Gasteiger partial charge is 0.497 e. The number of methoxy groups -OCH3 is 1. The number of nitrogens with zero attached hydrogens (tertiary/aromatic N) is 2. The van der Waals surface area contributed by atoms with E-state index in [1.807, 2.05) is 57.3 Å². The van der Waals surface area contributed by atoms with Crippen molar-refractivity contribution in [3.8, 4) is 5.75 Å². The molecule has 0 aliphatic rings. The van der Waals surface area contributed by atoms with Gasteiger partial charge in [0.1, 0.15) is 10.6 Å². The van der Waals surface area contributed by atoms with E-state index in [1.165, 1.54) is 11.3 Å². The van der Waals surface area contributed by atoms with Crippen LogP contribution in [0, 0.1) is 13.8 Å². The number of rotatable bonds is 3. The first-order valence-electron chi connectivity index (χ1n) is 8.70. The SMILES string of the molecule is COc1ccc2nc3sc(C(=O)N(C)c4cc(C)ccc4C)cc3cc2c1. The molecule has 0 aliphatic heterocycles. The van der Waals surface area contributed by atoms with Gasteiger partial charge >= 0.3 is 0 Å². The number of ether oxygens (including phenoxy) is 1. The van der Waals surface area contributed by atoms with Crippen molar-refractivity contribution in [2.24, 2.45) is 0 Å². The highest BCUT2D eigenvalue weighted by atomic mass is 32.1. The van der Waals surface area contributed by atoms with E-state index in [2.05, 4.69) is 12.1 Å². The van der Waals surface area contributed by atoms with Crippen molar-refractivity contribution < 1.29 is 9.53 Å². The lowest BCUT2D eigenvalue weighted by Gasteiger charge is -2.19. The van der Waals surface area contributed by atoms with Crippen LogP contribution < -0.4 is 9.64 Å². The highest BCUT2D eigenvalue weighted by Crippen LogP contribution is 2.31. The zero-order valence-electron chi connectivity index (χ0n) is 15.7. The fourth-order valence-corrected chi connectivity index (χ4v) is 4.20. The van der Waals surface area contributed by atoms with Crippen LogP contribution in [0.2, 0.25) is 0 Å². The Morgan fingerprint density at radius 1 is 1.04 bits per heavy atom. The van der Waals surface area contributed by atoms with Crippen LogP contribution in [0.4, 0.5) is 5.69 Å². The maximum absolute atomic E-state index is 13.1. The molecule has 27 heavy (non-hydrogen) atoms. The second kappa shape index (κ2) is 6.67. The Labute approximate surface area is 162 Å². The van der Waals surface area contributed by atoms with Crippen molar-refractivity contribution >= 4 is 44.1 Å². The number of aryl methyl sites for hydroxylation is 2. The van der Waals surface area contributed by atoms with Crippen LogP contribution in [-0.2, 0) is 0 Å². The van der Waals surface area contributed by atoms with Crippen molar-refractivity contribution in [3.05, 3.63) is 64.5 Å². The summed E-state index contributed by atoms with van der Waals surface area (Å²) >= 11 is 1.43. The van der Waals surface area contributed by atoms with Crippen molar-refractivity contribution in [2.75, 3.05) is 19.1 Å². The van der Waals surface area contributed by atoms with Gasteiger partial charge in [0.25, 0.3) is 5.91 Å². The third-order valence-electron chi connectivity index (χ3n) is 4.75. The average Bonchev–Trinajstić information content (AvgIpc) is 3.09. The maximum atomic E-state index is 13.1. The van der Waals surface area contributed by atoms with Gasteiger partial charge in [0, 0.05) is 23.5 Å². The quantitative estimate of drug-likeness (QED) is 0.484. The van der Waals surface area contributed by atoms with E-state index in [0.717, 1.165) is 43.7 Å². The van der Waals surface area contributed by atoms with Gasteiger partial charge in [0.15, 0.2) is 0 Å². The van der Waals surface area contributed by atoms with E-state index in [9.17, 15) is 4.79 Å². The first kappa shape index (κ1) is 17.5. The topological polar surface area (TPSA) is 42.4 Å². The van der Waals surface area contributed by atoms with E-state index < -0.39 is 0 Å². The number of aromatic nitrogens is 1. The van der Waals surface area contributed by atoms with Crippen LogP contribution in [-0.4, -0.2) is 25.0 Å². The molecule has 0 spiro atoms. The highest BCUT2D eigenvalue weighted by molar-refractivity contribution is 7.20. The fraction of sp³-hybridized carbons (Fsp3) is 0.182. The number of carbonyl (C=O) groups is 1. The molecule has 4 nitrogen and oxygen atoms in total. The minimum absolute atomic E-state index is 0.0201. The first-order valence-corrected chi connectivity index (χ1v) is 9.51. The van der Waals surface area contributed by atoms with Crippen LogP contribution in [0.1, 0.15) is 20.8 Å². The Balaban J connectivity index is 1.75. The molecule has 0 aliphatic carbocycles. The molecule has 0 fully saturated rings. The number of fused-ring (bicyclic) bond motifs is 2. The zero-order chi connectivity index (χ0) is 19.1. The van der Waals surface area contributed by atoms with Crippen molar-refractivity contribution in [3.63, 3.8) is 0 Å². The van der Waals surface area contributed by atoms with E-state index in [0.29, 0.717) is 4.88 Å². The predicted molar refractivity (Wildman–Crippen MR) is 112 cm³/mol. The van der Waals surface area contributed by atoms with Crippen LogP contribution in [0.3, 0.4) is 0 Å². The number of hydrogen-bond donors (Lipinski definition) is 0. The van der Waals surface area contributed by atoms with E-state index >= 15 is 0 Å². The molecule has 5 heteroatoms. The summed E-state index contributed by atoms with van der Waals surface area (Å²) in [7, 11) is 3.47. The molecule has 2 heterocycles. The van der Waals surface area contributed by atoms with Crippen molar-refractivity contribution in [2.45, 2.75) is 13.8 Å². The minimum atomic E-state index is -0.0201. The zero-order valence-corrected chi connectivity index (χ0v) is 16.6. The van der Waals surface area contributed by atoms with Crippen molar-refractivity contribution in [1.29, 1.82) is 0 Å². The van der Waals surface area contributed by atoms with Gasteiger partial charge < -0.3 is 9.64 Å². The smallest absolute Gasteiger partial charge is 0.268 e. The van der Waals surface area contributed by atoms with Gasteiger partial charge in [-0.2, -0.15) is 0 Å². The first-order chi connectivity index (χ1) is 13.0. The normalized spacial score (nSPS) is 11.1. The molecular weight excluding hydrogens is 356 g/mol. The molecule has 0 bridgehead atoms. The molecule has 136 valence electrons. The number of amides is 1. The van der Waals surface area contributed by atoms with E-state index in [1.54, 1.807) is 12.0 Å². The van der Waals surface area contributed by atoms with Crippen LogP contribution in [0.5, 0.6) is 5.75 Å². The molecule has 0 radical (unpaired) electrons. The van der Waals surface area contributed by atoms with Gasteiger partial charge in [-0.15, -0.1) is 11.3 Å².